The Kier molecular flexibility index (Phi) is 14.7. The van der Waals surface area contributed by atoms with Gasteiger partial charge in [-0.2, -0.15) is 13.2 Å². The van der Waals surface area contributed by atoms with Gasteiger partial charge in [0.2, 0.25) is 0 Å². The molecule has 3 aliphatic rings. The number of allylic oxidation sites excluding steroid dienone is 1. The van der Waals surface area contributed by atoms with E-state index in [2.05, 4.69) is 28.3 Å². The molecule has 3 fully saturated rings. The number of alkyl halides is 3. The predicted octanol–water partition coefficient (Wildman–Crippen LogP) is 10.2. The third-order valence-electron chi connectivity index (χ3n) is 8.81. The second kappa shape index (κ2) is 18.4. The lowest BCUT2D eigenvalue weighted by atomic mass is 9.79. The van der Waals surface area contributed by atoms with Gasteiger partial charge in [-0.05, 0) is 99.2 Å². The number of carbonyl (C=O) groups is 2. The maximum absolute atomic E-state index is 12.6. The van der Waals surface area contributed by atoms with Gasteiger partial charge in [-0.25, -0.2) is 9.78 Å². The zero-order valence-corrected chi connectivity index (χ0v) is 29.1. The minimum atomic E-state index is -4.33. The van der Waals surface area contributed by atoms with Crippen molar-refractivity contribution in [3.63, 3.8) is 0 Å². The third-order valence-corrected chi connectivity index (χ3v) is 8.81. The number of hydrogen-bond acceptors (Lipinski definition) is 4. The quantitative estimate of drug-likeness (QED) is 0.203. The van der Waals surface area contributed by atoms with Crippen molar-refractivity contribution >= 4 is 17.6 Å². The first-order chi connectivity index (χ1) is 23.0. The summed E-state index contributed by atoms with van der Waals surface area (Å²) in [6.07, 6.45) is 6.80. The fraction of sp³-hybridized carbons (Fsp3) is 0.462. The van der Waals surface area contributed by atoms with Gasteiger partial charge in [-0.3, -0.25) is 4.79 Å². The number of benzene rings is 2. The molecule has 1 saturated heterocycles. The molecule has 2 aliphatic carbocycles. The van der Waals surface area contributed by atoms with Gasteiger partial charge in [0.15, 0.2) is 5.78 Å². The molecule has 0 atom stereocenters. The fourth-order valence-electron chi connectivity index (χ4n) is 5.51. The van der Waals surface area contributed by atoms with Crippen LogP contribution in [0.2, 0.25) is 0 Å². The molecular weight excluding hydrogens is 613 g/mol. The normalized spacial score (nSPS) is 15.2. The van der Waals surface area contributed by atoms with Gasteiger partial charge in [0.05, 0.1) is 5.56 Å². The van der Waals surface area contributed by atoms with E-state index in [1.54, 1.807) is 4.90 Å². The van der Waals surface area contributed by atoms with Gasteiger partial charge in [0, 0.05) is 49.9 Å². The van der Waals surface area contributed by atoms with E-state index >= 15 is 0 Å². The number of likely N-dealkylation sites (tertiary alicyclic amines) is 1. The van der Waals surface area contributed by atoms with Crippen molar-refractivity contribution in [2.75, 3.05) is 25.5 Å². The van der Waals surface area contributed by atoms with E-state index in [0.29, 0.717) is 11.3 Å². The van der Waals surface area contributed by atoms with Crippen LogP contribution in [0, 0.1) is 19.8 Å². The third kappa shape index (κ3) is 11.0. The van der Waals surface area contributed by atoms with E-state index in [1.165, 1.54) is 50.3 Å². The number of rotatable bonds is 6. The minimum Gasteiger partial charge on any atom is -0.373 e. The van der Waals surface area contributed by atoms with Gasteiger partial charge in [-0.1, -0.05) is 62.8 Å². The van der Waals surface area contributed by atoms with Crippen molar-refractivity contribution < 1.29 is 22.8 Å². The number of nitrogens with zero attached hydrogens (tertiary/aromatic N) is 2. The lowest BCUT2D eigenvalue weighted by Gasteiger charge is -2.24. The largest absolute Gasteiger partial charge is 0.416 e. The lowest BCUT2D eigenvalue weighted by Crippen LogP contribution is -2.37. The van der Waals surface area contributed by atoms with Crippen molar-refractivity contribution in [2.24, 2.45) is 5.92 Å². The maximum atomic E-state index is 12.6. The Hall–Kier alpha value is -4.14. The summed E-state index contributed by atoms with van der Waals surface area (Å²) in [7, 11) is 1.85. The first-order valence-electron chi connectivity index (χ1n) is 17.1. The highest BCUT2D eigenvalue weighted by atomic mass is 19.4. The molecule has 2 heterocycles. The van der Waals surface area contributed by atoms with Gasteiger partial charge in [0.25, 0.3) is 0 Å². The van der Waals surface area contributed by atoms with E-state index in [1.807, 2.05) is 58.3 Å². The highest BCUT2D eigenvalue weighted by Gasteiger charge is 2.32. The molecule has 2 N–H and O–H groups in total. The number of carbonyl (C=O) groups excluding carboxylic acids is 2. The van der Waals surface area contributed by atoms with Crippen LogP contribution in [0.25, 0.3) is 11.1 Å². The Labute approximate surface area is 284 Å². The minimum absolute atomic E-state index is 0.153. The Morgan fingerprint density at radius 2 is 1.54 bits per heavy atom. The van der Waals surface area contributed by atoms with Gasteiger partial charge in [0.1, 0.15) is 5.82 Å². The number of pyridine rings is 1. The standard InChI is InChI=1S/C18H20N2O.C14H17F3N2O.C5H8.C2H6/c1-12-10-14(15-7-9-17(19-2)20-11-15)6-8-16(12)18(21)13-4-3-5-13;1-10-8-11(4-5-12(10)14(15,16)17)9-18-13(20)19-6-2-3-7-19;1-5-3-2-4-5;1-2/h6-11,13H,3-5H2,1-2H3,(H,19,20);4-5,8H,2-3,6-7,9H2,1H3,(H,18,20);1-4H2;1-2H3. The summed E-state index contributed by atoms with van der Waals surface area (Å²) in [5, 5.41) is 5.74. The molecule has 2 saturated carbocycles. The van der Waals surface area contributed by atoms with Crippen LogP contribution in [-0.2, 0) is 12.7 Å². The van der Waals surface area contributed by atoms with Crippen LogP contribution in [0.5, 0.6) is 0 Å². The first-order valence-corrected chi connectivity index (χ1v) is 17.1. The number of ketones is 1. The van der Waals surface area contributed by atoms with Crippen molar-refractivity contribution in [3.05, 3.63) is 94.7 Å². The summed E-state index contributed by atoms with van der Waals surface area (Å²) >= 11 is 0. The monoisotopic (exact) mass is 664 g/mol. The number of aromatic nitrogens is 1. The second-order valence-electron chi connectivity index (χ2n) is 12.3. The molecule has 0 bridgehead atoms. The van der Waals surface area contributed by atoms with E-state index in [4.69, 9.17) is 0 Å². The average molecular weight is 665 g/mol. The molecule has 0 unspecified atom stereocenters. The van der Waals surface area contributed by atoms with Crippen molar-refractivity contribution in [2.45, 2.75) is 91.8 Å². The molecule has 1 aliphatic heterocycles. The number of amides is 2. The SMILES string of the molecule is C=C1CCC1.CC.CNc1ccc(-c2ccc(C(=O)C3CCC3)c(C)c2)cn1.Cc1cc(CNC(=O)N2CCCC2)ccc1C(F)(F)F. The van der Waals surface area contributed by atoms with Crippen molar-refractivity contribution in [3.8, 4) is 11.1 Å². The number of aryl methyl sites for hydroxylation is 2. The fourth-order valence-corrected chi connectivity index (χ4v) is 5.51. The summed E-state index contributed by atoms with van der Waals surface area (Å²) in [5.74, 6) is 1.42. The molecule has 9 heteroatoms. The van der Waals surface area contributed by atoms with E-state index < -0.39 is 11.7 Å². The molecule has 48 heavy (non-hydrogen) atoms. The van der Waals surface area contributed by atoms with Crippen molar-refractivity contribution in [1.82, 2.24) is 15.2 Å². The van der Waals surface area contributed by atoms with Crippen LogP contribution in [-0.4, -0.2) is 41.8 Å². The smallest absolute Gasteiger partial charge is 0.373 e. The maximum Gasteiger partial charge on any atom is 0.416 e. The molecule has 6 rings (SSSR count). The zero-order valence-electron chi connectivity index (χ0n) is 29.1. The van der Waals surface area contributed by atoms with Crippen molar-refractivity contribution in [1.29, 1.82) is 0 Å². The summed E-state index contributed by atoms with van der Waals surface area (Å²) in [6, 6.07) is 13.9. The average Bonchev–Trinajstić information content (AvgIpc) is 3.58. The van der Waals surface area contributed by atoms with E-state index in [-0.39, 0.29) is 24.1 Å². The number of nitrogens with one attached hydrogen (secondary N) is 2. The van der Waals surface area contributed by atoms with Crippen LogP contribution < -0.4 is 10.6 Å². The van der Waals surface area contributed by atoms with Crippen LogP contribution >= 0.6 is 0 Å². The number of anilines is 1. The van der Waals surface area contributed by atoms with Crippen LogP contribution in [0.1, 0.15) is 97.8 Å². The van der Waals surface area contributed by atoms with E-state index in [0.717, 1.165) is 72.9 Å². The molecule has 260 valence electrons. The number of hydrogen-bond donors (Lipinski definition) is 2. The number of urea groups is 1. The van der Waals surface area contributed by atoms with Gasteiger partial charge >= 0.3 is 12.2 Å². The highest BCUT2D eigenvalue weighted by molar-refractivity contribution is 6.00. The Morgan fingerprint density at radius 1 is 0.896 bits per heavy atom. The van der Waals surface area contributed by atoms with Gasteiger partial charge < -0.3 is 15.5 Å². The summed E-state index contributed by atoms with van der Waals surface area (Å²) in [5.41, 5.74) is 5.75. The predicted molar refractivity (Wildman–Crippen MR) is 189 cm³/mol. The Balaban J connectivity index is 0.000000217. The van der Waals surface area contributed by atoms with E-state index in [9.17, 15) is 22.8 Å². The Morgan fingerprint density at radius 3 is 2.00 bits per heavy atom. The summed E-state index contributed by atoms with van der Waals surface area (Å²) in [4.78, 5) is 30.2. The molecule has 0 spiro atoms. The second-order valence-corrected chi connectivity index (χ2v) is 12.3. The molecular formula is C39H51F3N4O2. The summed E-state index contributed by atoms with van der Waals surface area (Å²) in [6.45, 7) is 12.9. The van der Waals surface area contributed by atoms with Crippen LogP contribution in [0.3, 0.4) is 0 Å². The number of halogens is 3. The molecule has 0 radical (unpaired) electrons. The lowest BCUT2D eigenvalue weighted by molar-refractivity contribution is -0.138. The highest BCUT2D eigenvalue weighted by Crippen LogP contribution is 2.33. The Bertz CT molecular complexity index is 1500. The number of Topliss-reactive ketones (excluding diaryl/α,β-unsaturated/α-hetero) is 1. The first kappa shape index (κ1) is 38.3. The van der Waals surface area contributed by atoms with Crippen LogP contribution in [0.4, 0.5) is 23.8 Å². The molecule has 2 amide bonds. The van der Waals surface area contributed by atoms with Crippen LogP contribution in [0.15, 0.2) is 66.9 Å². The molecule has 1 aromatic heterocycles. The van der Waals surface area contributed by atoms with Gasteiger partial charge in [-0.15, -0.1) is 0 Å². The summed E-state index contributed by atoms with van der Waals surface area (Å²) < 4.78 is 37.9. The topological polar surface area (TPSA) is 74.3 Å². The molecule has 3 aromatic rings. The molecule has 2 aromatic carbocycles. The zero-order chi connectivity index (χ0) is 35.3. The molecule has 6 nitrogen and oxygen atoms in total.